The minimum atomic E-state index is -4.22. The summed E-state index contributed by atoms with van der Waals surface area (Å²) in [6, 6.07) is 4.19. The lowest BCUT2D eigenvalue weighted by molar-refractivity contribution is 0.411. The van der Waals surface area contributed by atoms with Crippen LogP contribution in [-0.4, -0.2) is 20.1 Å². The zero-order valence-corrected chi connectivity index (χ0v) is 8.47. The molecule has 0 amide bonds. The Morgan fingerprint density at radius 3 is 2.54 bits per heavy atom. The Labute approximate surface area is 81.7 Å². The smallest absolute Gasteiger partial charge is 0.295 e. The minimum Gasteiger partial charge on any atom is -0.497 e. The zero-order valence-electron chi connectivity index (χ0n) is 6.76. The van der Waals surface area contributed by atoms with E-state index >= 15 is 0 Å². The van der Waals surface area contributed by atoms with E-state index in [1.54, 1.807) is 6.07 Å². The summed E-state index contributed by atoms with van der Waals surface area (Å²) in [5.41, 5.74) is 0. The van der Waals surface area contributed by atoms with E-state index in [-0.39, 0.29) is 9.79 Å². The van der Waals surface area contributed by atoms with Crippen LogP contribution in [0.3, 0.4) is 0 Å². The highest BCUT2D eigenvalue weighted by Gasteiger charge is 2.14. The number of hydrogen-bond acceptors (Lipinski definition) is 4. The average Bonchev–Trinajstić information content (AvgIpc) is 2.03. The van der Waals surface area contributed by atoms with Crippen molar-refractivity contribution in [2.24, 2.45) is 0 Å². The van der Waals surface area contributed by atoms with E-state index in [9.17, 15) is 8.42 Å². The van der Waals surface area contributed by atoms with Crippen molar-refractivity contribution in [1.82, 2.24) is 0 Å². The maximum absolute atomic E-state index is 10.8. The second kappa shape index (κ2) is 3.57. The van der Waals surface area contributed by atoms with Crippen LogP contribution in [0.15, 0.2) is 28.0 Å². The summed E-state index contributed by atoms with van der Waals surface area (Å²) in [4.78, 5) is -0.0708. The topological polar surface area (TPSA) is 63.6 Å². The standard InChI is InChI=1S/C7H8O4S2/c1-11-5-2-3-6(12)7(4-5)13(8,9)10/h2-4,12H,1H3,(H,8,9,10). The second-order valence-electron chi connectivity index (χ2n) is 2.31. The summed E-state index contributed by atoms with van der Waals surface area (Å²) in [6.07, 6.45) is 0. The Balaban J connectivity index is 3.36. The molecule has 0 radical (unpaired) electrons. The molecule has 6 heteroatoms. The Morgan fingerprint density at radius 2 is 2.08 bits per heavy atom. The number of hydrogen-bond donors (Lipinski definition) is 2. The van der Waals surface area contributed by atoms with Gasteiger partial charge in [-0.2, -0.15) is 8.42 Å². The van der Waals surface area contributed by atoms with E-state index in [4.69, 9.17) is 9.29 Å². The first-order valence-electron chi connectivity index (χ1n) is 3.29. The molecule has 0 aliphatic rings. The van der Waals surface area contributed by atoms with Crippen LogP contribution in [0.2, 0.25) is 0 Å². The van der Waals surface area contributed by atoms with Gasteiger partial charge in [-0.3, -0.25) is 4.55 Å². The number of thiol groups is 1. The van der Waals surface area contributed by atoms with Gasteiger partial charge < -0.3 is 4.74 Å². The summed E-state index contributed by atoms with van der Waals surface area (Å²) >= 11 is 3.88. The molecule has 0 saturated carbocycles. The molecule has 0 atom stereocenters. The van der Waals surface area contributed by atoms with Crippen LogP contribution in [0.4, 0.5) is 0 Å². The summed E-state index contributed by atoms with van der Waals surface area (Å²) in [5, 5.41) is 0. The van der Waals surface area contributed by atoms with Crippen LogP contribution in [-0.2, 0) is 10.1 Å². The largest absolute Gasteiger partial charge is 0.497 e. The van der Waals surface area contributed by atoms with E-state index in [1.807, 2.05) is 0 Å². The number of benzene rings is 1. The lowest BCUT2D eigenvalue weighted by Crippen LogP contribution is -1.99. The van der Waals surface area contributed by atoms with Gasteiger partial charge in [0.2, 0.25) is 0 Å². The predicted molar refractivity (Wildman–Crippen MR) is 50.1 cm³/mol. The van der Waals surface area contributed by atoms with Gasteiger partial charge in [0.05, 0.1) is 7.11 Å². The molecule has 1 N–H and O–H groups in total. The van der Waals surface area contributed by atoms with E-state index in [1.165, 1.54) is 19.2 Å². The fourth-order valence-electron chi connectivity index (χ4n) is 0.828. The Bertz CT molecular complexity index is 411. The van der Waals surface area contributed by atoms with Gasteiger partial charge in [-0.1, -0.05) is 0 Å². The lowest BCUT2D eigenvalue weighted by Gasteiger charge is -2.04. The van der Waals surface area contributed by atoms with Crippen molar-refractivity contribution in [2.45, 2.75) is 9.79 Å². The first-order valence-corrected chi connectivity index (χ1v) is 5.18. The van der Waals surface area contributed by atoms with E-state index in [0.717, 1.165) is 0 Å². The SMILES string of the molecule is COc1ccc(S)c(S(=O)(=O)O)c1. The molecule has 0 saturated heterocycles. The molecule has 0 aliphatic carbocycles. The molecule has 0 bridgehead atoms. The third kappa shape index (κ3) is 2.36. The van der Waals surface area contributed by atoms with E-state index in [0.29, 0.717) is 5.75 Å². The predicted octanol–water partition coefficient (Wildman–Crippen LogP) is 1.23. The Hall–Kier alpha value is -0.720. The first kappa shape index (κ1) is 10.4. The molecule has 0 aromatic heterocycles. The summed E-state index contributed by atoms with van der Waals surface area (Å²) in [7, 11) is -2.82. The molecule has 4 nitrogen and oxygen atoms in total. The third-order valence-corrected chi connectivity index (χ3v) is 2.88. The van der Waals surface area contributed by atoms with Crippen LogP contribution >= 0.6 is 12.6 Å². The van der Waals surface area contributed by atoms with Crippen LogP contribution in [0.25, 0.3) is 0 Å². The molecule has 0 aliphatic heterocycles. The highest BCUT2D eigenvalue weighted by molar-refractivity contribution is 7.87. The van der Waals surface area contributed by atoms with Crippen molar-refractivity contribution in [3.05, 3.63) is 18.2 Å². The van der Waals surface area contributed by atoms with Crippen LogP contribution in [0, 0.1) is 0 Å². The Kier molecular flexibility index (Phi) is 2.84. The van der Waals surface area contributed by atoms with Gasteiger partial charge >= 0.3 is 0 Å². The zero-order chi connectivity index (χ0) is 10.1. The molecule has 0 spiro atoms. The molecule has 0 heterocycles. The van der Waals surface area contributed by atoms with Gasteiger partial charge in [0, 0.05) is 11.0 Å². The number of rotatable bonds is 2. The molecule has 1 aromatic carbocycles. The van der Waals surface area contributed by atoms with E-state index in [2.05, 4.69) is 12.6 Å². The minimum absolute atomic E-state index is 0.184. The maximum atomic E-state index is 10.8. The lowest BCUT2D eigenvalue weighted by atomic mass is 10.3. The molecular formula is C7H8O4S2. The summed E-state index contributed by atoms with van der Waals surface area (Å²) < 4.78 is 35.1. The Morgan fingerprint density at radius 1 is 1.46 bits per heavy atom. The van der Waals surface area contributed by atoms with Gasteiger partial charge in [0.15, 0.2) is 0 Å². The van der Waals surface area contributed by atoms with Gasteiger partial charge in [-0.25, -0.2) is 0 Å². The quantitative estimate of drug-likeness (QED) is 0.581. The van der Waals surface area contributed by atoms with Crippen LogP contribution in [0.1, 0.15) is 0 Å². The monoisotopic (exact) mass is 220 g/mol. The van der Waals surface area contributed by atoms with Gasteiger partial charge in [0.1, 0.15) is 10.6 Å². The maximum Gasteiger partial charge on any atom is 0.295 e. The van der Waals surface area contributed by atoms with Gasteiger partial charge in [-0.05, 0) is 12.1 Å². The highest BCUT2D eigenvalue weighted by atomic mass is 32.2. The van der Waals surface area contributed by atoms with Crippen molar-refractivity contribution < 1.29 is 17.7 Å². The van der Waals surface area contributed by atoms with Crippen molar-refractivity contribution in [2.75, 3.05) is 7.11 Å². The van der Waals surface area contributed by atoms with Crippen molar-refractivity contribution in [3.8, 4) is 5.75 Å². The number of ether oxygens (including phenoxy) is 1. The molecular weight excluding hydrogens is 212 g/mol. The molecule has 72 valence electrons. The molecule has 0 unspecified atom stereocenters. The normalized spacial score (nSPS) is 11.3. The second-order valence-corrected chi connectivity index (χ2v) is 4.18. The van der Waals surface area contributed by atoms with Crippen molar-refractivity contribution in [1.29, 1.82) is 0 Å². The highest BCUT2D eigenvalue weighted by Crippen LogP contribution is 2.24. The molecule has 13 heavy (non-hydrogen) atoms. The first-order chi connectivity index (χ1) is 5.95. The van der Waals surface area contributed by atoms with Gasteiger partial charge in [-0.15, -0.1) is 12.6 Å². The van der Waals surface area contributed by atoms with E-state index < -0.39 is 10.1 Å². The van der Waals surface area contributed by atoms with Crippen molar-refractivity contribution >= 4 is 22.7 Å². The summed E-state index contributed by atoms with van der Waals surface area (Å²) in [6.45, 7) is 0. The average molecular weight is 220 g/mol. The fourth-order valence-corrected chi connectivity index (χ4v) is 1.91. The summed E-state index contributed by atoms with van der Waals surface area (Å²) in [5.74, 6) is 0.352. The van der Waals surface area contributed by atoms with Crippen LogP contribution in [0.5, 0.6) is 5.75 Å². The number of methoxy groups -OCH3 is 1. The van der Waals surface area contributed by atoms with Crippen molar-refractivity contribution in [3.63, 3.8) is 0 Å². The van der Waals surface area contributed by atoms with Crippen LogP contribution < -0.4 is 4.74 Å². The molecule has 0 fully saturated rings. The third-order valence-electron chi connectivity index (χ3n) is 1.44. The molecule has 1 rings (SSSR count). The van der Waals surface area contributed by atoms with Gasteiger partial charge in [0.25, 0.3) is 10.1 Å². The fraction of sp³-hybridized carbons (Fsp3) is 0.143. The molecule has 1 aromatic rings.